The van der Waals surface area contributed by atoms with E-state index in [9.17, 15) is 4.79 Å². The van der Waals surface area contributed by atoms with Crippen molar-refractivity contribution in [3.63, 3.8) is 0 Å². The molecule has 31 heavy (non-hydrogen) atoms. The first-order valence-corrected chi connectivity index (χ1v) is 11.1. The van der Waals surface area contributed by atoms with Gasteiger partial charge in [-0.05, 0) is 55.9 Å². The lowest BCUT2D eigenvalue weighted by Crippen LogP contribution is -2.51. The lowest BCUT2D eigenvalue weighted by molar-refractivity contribution is 0.102. The number of nitrogens with two attached hydrogens (primary N) is 1. The first kappa shape index (κ1) is 20.0. The van der Waals surface area contributed by atoms with Gasteiger partial charge in [0.05, 0.1) is 17.6 Å². The summed E-state index contributed by atoms with van der Waals surface area (Å²) in [6.07, 6.45) is 10.2. The molecular weight excluding hydrogens is 390 g/mol. The van der Waals surface area contributed by atoms with Crippen molar-refractivity contribution in [2.75, 3.05) is 23.3 Å². The molecule has 2 fully saturated rings. The Labute approximate surface area is 181 Å². The summed E-state index contributed by atoms with van der Waals surface area (Å²) in [5.41, 5.74) is 5.84. The molecule has 3 aromatic rings. The van der Waals surface area contributed by atoms with Gasteiger partial charge in [-0.2, -0.15) is 0 Å². The molecule has 0 radical (unpaired) electrons. The van der Waals surface area contributed by atoms with Crippen molar-refractivity contribution in [1.82, 2.24) is 20.0 Å². The third-order valence-electron chi connectivity index (χ3n) is 6.55. The van der Waals surface area contributed by atoms with Gasteiger partial charge in [0.1, 0.15) is 11.3 Å². The molecule has 162 valence electrons. The van der Waals surface area contributed by atoms with Crippen LogP contribution in [0.15, 0.2) is 42.9 Å². The molecule has 2 aliphatic rings. The number of aromatic nitrogens is 3. The molecule has 2 atom stereocenters. The molecule has 1 aliphatic carbocycles. The zero-order chi connectivity index (χ0) is 21.4. The molecule has 0 aromatic carbocycles. The quantitative estimate of drug-likeness (QED) is 0.434. The van der Waals surface area contributed by atoms with Crippen LogP contribution in [0.3, 0.4) is 0 Å². The summed E-state index contributed by atoms with van der Waals surface area (Å²) >= 11 is 0. The molecule has 0 bridgehead atoms. The van der Waals surface area contributed by atoms with E-state index in [0.717, 1.165) is 36.2 Å². The summed E-state index contributed by atoms with van der Waals surface area (Å²) in [6.45, 7) is 3.91. The summed E-state index contributed by atoms with van der Waals surface area (Å²) < 4.78 is 2.21. The maximum absolute atomic E-state index is 13.1. The van der Waals surface area contributed by atoms with E-state index in [-0.39, 0.29) is 11.9 Å². The first-order valence-electron chi connectivity index (χ1n) is 11.1. The molecule has 0 unspecified atom stereocenters. The van der Waals surface area contributed by atoms with Gasteiger partial charge in [-0.1, -0.05) is 6.92 Å². The predicted octanol–water partition coefficient (Wildman–Crippen LogP) is 3.09. The van der Waals surface area contributed by atoms with Crippen molar-refractivity contribution in [3.8, 4) is 0 Å². The van der Waals surface area contributed by atoms with Crippen LogP contribution in [0.4, 0.5) is 11.4 Å². The SMILES string of the molecule is C[C@@H]1C[C@H](NN)CN(c2ccncc2NC(=O)c2ccc3ccn(C4CCC4)c3n2)C1. The average molecular weight is 420 g/mol. The van der Waals surface area contributed by atoms with Crippen molar-refractivity contribution in [2.24, 2.45) is 11.8 Å². The molecule has 8 nitrogen and oxygen atoms in total. The fraction of sp³-hybridized carbons (Fsp3) is 0.435. The van der Waals surface area contributed by atoms with Gasteiger partial charge in [0.2, 0.25) is 0 Å². The second kappa shape index (κ2) is 8.28. The number of pyridine rings is 2. The lowest BCUT2D eigenvalue weighted by Gasteiger charge is -2.38. The number of carbonyl (C=O) groups excluding carboxylic acids is 1. The highest BCUT2D eigenvalue weighted by Gasteiger charge is 2.26. The summed E-state index contributed by atoms with van der Waals surface area (Å²) in [5.74, 6) is 5.99. The van der Waals surface area contributed by atoms with Crippen molar-refractivity contribution < 1.29 is 4.79 Å². The van der Waals surface area contributed by atoms with Crippen molar-refractivity contribution in [1.29, 1.82) is 0 Å². The number of amides is 1. The van der Waals surface area contributed by atoms with Gasteiger partial charge in [0, 0.05) is 43.0 Å². The van der Waals surface area contributed by atoms with Gasteiger partial charge in [0.15, 0.2) is 0 Å². The molecule has 1 saturated carbocycles. The van der Waals surface area contributed by atoms with Crippen LogP contribution in [-0.2, 0) is 0 Å². The van der Waals surface area contributed by atoms with Gasteiger partial charge in [-0.3, -0.25) is 21.0 Å². The van der Waals surface area contributed by atoms with Gasteiger partial charge < -0.3 is 14.8 Å². The van der Waals surface area contributed by atoms with E-state index in [0.29, 0.717) is 23.3 Å². The van der Waals surface area contributed by atoms with Gasteiger partial charge >= 0.3 is 0 Å². The van der Waals surface area contributed by atoms with E-state index < -0.39 is 0 Å². The minimum atomic E-state index is -0.226. The summed E-state index contributed by atoms with van der Waals surface area (Å²) in [6, 6.07) is 8.49. The number of fused-ring (bicyclic) bond motifs is 1. The monoisotopic (exact) mass is 419 g/mol. The fourth-order valence-electron chi connectivity index (χ4n) is 4.73. The maximum Gasteiger partial charge on any atom is 0.274 e. The molecule has 8 heteroatoms. The Hall–Kier alpha value is -2.97. The standard InChI is InChI=1S/C23H29N7O/c1-15-11-17(28-24)14-29(13-15)21-7-9-25-12-20(21)27-23(31)19-6-5-16-8-10-30(22(16)26-19)18-3-2-4-18/h5-10,12,15,17-18,28H,2-4,11,13-14,24H2,1H3,(H,27,31)/t15-,17+/m1/s1. The molecule has 5 rings (SSSR count). The number of nitrogens with zero attached hydrogens (tertiary/aromatic N) is 4. The minimum absolute atomic E-state index is 0.212. The maximum atomic E-state index is 13.1. The zero-order valence-corrected chi connectivity index (χ0v) is 17.8. The van der Waals surface area contributed by atoms with Crippen molar-refractivity contribution in [3.05, 3.63) is 48.5 Å². The first-order chi connectivity index (χ1) is 15.1. The second-order valence-corrected chi connectivity index (χ2v) is 8.87. The number of hydrazine groups is 1. The molecule has 4 N–H and O–H groups in total. The minimum Gasteiger partial charge on any atom is -0.368 e. The predicted molar refractivity (Wildman–Crippen MR) is 122 cm³/mol. The lowest BCUT2D eigenvalue weighted by atomic mass is 9.93. The molecule has 0 spiro atoms. The van der Waals surface area contributed by atoms with Crippen LogP contribution < -0.4 is 21.5 Å². The van der Waals surface area contributed by atoms with Crippen LogP contribution in [0.5, 0.6) is 0 Å². The Morgan fingerprint density at radius 1 is 1.19 bits per heavy atom. The van der Waals surface area contributed by atoms with Crippen LogP contribution in [0.1, 0.15) is 49.1 Å². The highest BCUT2D eigenvalue weighted by Crippen LogP contribution is 2.34. The van der Waals surface area contributed by atoms with Gasteiger partial charge in [-0.15, -0.1) is 0 Å². The van der Waals surface area contributed by atoms with Crippen molar-refractivity contribution in [2.45, 2.75) is 44.7 Å². The number of hydrogen-bond donors (Lipinski definition) is 3. The number of carbonyl (C=O) groups is 1. The van der Waals surface area contributed by atoms with Crippen LogP contribution in [0.25, 0.3) is 11.0 Å². The molecule has 4 heterocycles. The fourth-order valence-corrected chi connectivity index (χ4v) is 4.73. The molecule has 1 aliphatic heterocycles. The Bertz CT molecular complexity index is 1090. The third kappa shape index (κ3) is 3.88. The molecular formula is C23H29N7O. The third-order valence-corrected chi connectivity index (χ3v) is 6.55. The smallest absolute Gasteiger partial charge is 0.274 e. The number of anilines is 2. The second-order valence-electron chi connectivity index (χ2n) is 8.87. The Balaban J connectivity index is 1.40. The van der Waals surface area contributed by atoms with E-state index in [2.05, 4.69) is 44.4 Å². The Kier molecular flexibility index (Phi) is 5.33. The van der Waals surface area contributed by atoms with E-state index in [4.69, 9.17) is 10.8 Å². The highest BCUT2D eigenvalue weighted by molar-refractivity contribution is 6.05. The number of nitrogens with one attached hydrogen (secondary N) is 2. The van der Waals surface area contributed by atoms with Crippen LogP contribution in [0, 0.1) is 5.92 Å². The van der Waals surface area contributed by atoms with Gasteiger partial charge in [-0.25, -0.2) is 4.98 Å². The van der Waals surface area contributed by atoms with E-state index in [1.54, 1.807) is 18.5 Å². The molecule has 3 aromatic heterocycles. The van der Waals surface area contributed by atoms with E-state index in [1.165, 1.54) is 19.3 Å². The van der Waals surface area contributed by atoms with Crippen molar-refractivity contribution >= 4 is 28.3 Å². The normalized spacial score (nSPS) is 21.8. The largest absolute Gasteiger partial charge is 0.368 e. The Morgan fingerprint density at radius 2 is 2.06 bits per heavy atom. The van der Waals surface area contributed by atoms with Crippen LogP contribution >= 0.6 is 0 Å². The molecule has 1 saturated heterocycles. The van der Waals surface area contributed by atoms with E-state index in [1.807, 2.05) is 12.1 Å². The van der Waals surface area contributed by atoms with Crippen LogP contribution in [0.2, 0.25) is 0 Å². The average Bonchev–Trinajstić information content (AvgIpc) is 3.15. The van der Waals surface area contributed by atoms with E-state index >= 15 is 0 Å². The summed E-state index contributed by atoms with van der Waals surface area (Å²) in [4.78, 5) is 24.3. The zero-order valence-electron chi connectivity index (χ0n) is 17.8. The summed E-state index contributed by atoms with van der Waals surface area (Å²) in [7, 11) is 0. The number of hydrogen-bond acceptors (Lipinski definition) is 6. The molecule has 1 amide bonds. The number of rotatable bonds is 5. The topological polar surface area (TPSA) is 101 Å². The summed E-state index contributed by atoms with van der Waals surface area (Å²) in [5, 5.41) is 4.10. The van der Waals surface area contributed by atoms with Crippen LogP contribution in [-0.4, -0.2) is 39.6 Å². The van der Waals surface area contributed by atoms with Gasteiger partial charge in [0.25, 0.3) is 5.91 Å². The number of piperidine rings is 1. The Morgan fingerprint density at radius 3 is 2.84 bits per heavy atom. The highest BCUT2D eigenvalue weighted by atomic mass is 16.1.